The zero-order valence-electron chi connectivity index (χ0n) is 13.3. The van der Waals surface area contributed by atoms with Crippen molar-refractivity contribution in [3.8, 4) is 11.5 Å². The molecular formula is C17H27NO3. The van der Waals surface area contributed by atoms with Crippen molar-refractivity contribution in [1.82, 2.24) is 5.32 Å². The Kier molecular flexibility index (Phi) is 5.48. The highest BCUT2D eigenvalue weighted by molar-refractivity contribution is 5.46. The second-order valence-electron chi connectivity index (χ2n) is 6.15. The fourth-order valence-corrected chi connectivity index (χ4v) is 3.40. The number of aliphatic hydroxyl groups is 1. The van der Waals surface area contributed by atoms with Crippen LogP contribution in [0.4, 0.5) is 0 Å². The molecule has 2 unspecified atom stereocenters. The van der Waals surface area contributed by atoms with Crippen LogP contribution in [0.2, 0.25) is 0 Å². The first kappa shape index (κ1) is 16.1. The highest BCUT2D eigenvalue weighted by Crippen LogP contribution is 2.34. The lowest BCUT2D eigenvalue weighted by Gasteiger charge is -2.39. The minimum Gasteiger partial charge on any atom is -0.493 e. The third-order valence-corrected chi connectivity index (χ3v) is 4.53. The SMILES string of the molecule is COc1cccc(CNC2(CO)CCCC(C)C2)c1OC. The van der Waals surface area contributed by atoms with Crippen molar-refractivity contribution in [2.75, 3.05) is 20.8 Å². The van der Waals surface area contributed by atoms with E-state index in [0.29, 0.717) is 12.5 Å². The van der Waals surface area contributed by atoms with Gasteiger partial charge in [-0.3, -0.25) is 0 Å². The van der Waals surface area contributed by atoms with E-state index in [1.165, 1.54) is 12.8 Å². The van der Waals surface area contributed by atoms with E-state index in [4.69, 9.17) is 9.47 Å². The molecular weight excluding hydrogens is 266 g/mol. The van der Waals surface area contributed by atoms with E-state index in [-0.39, 0.29) is 12.1 Å². The lowest BCUT2D eigenvalue weighted by atomic mass is 9.76. The lowest BCUT2D eigenvalue weighted by molar-refractivity contribution is 0.0980. The molecule has 1 aliphatic rings. The maximum Gasteiger partial charge on any atom is 0.165 e. The molecule has 0 aliphatic heterocycles. The summed E-state index contributed by atoms with van der Waals surface area (Å²) in [5.74, 6) is 2.17. The van der Waals surface area contributed by atoms with E-state index in [9.17, 15) is 5.11 Å². The van der Waals surface area contributed by atoms with E-state index >= 15 is 0 Å². The van der Waals surface area contributed by atoms with Crippen LogP contribution in [0, 0.1) is 5.92 Å². The summed E-state index contributed by atoms with van der Waals surface area (Å²) in [5.41, 5.74) is 0.897. The number of benzene rings is 1. The predicted octanol–water partition coefficient (Wildman–Crippen LogP) is 2.73. The fraction of sp³-hybridized carbons (Fsp3) is 0.647. The van der Waals surface area contributed by atoms with Gasteiger partial charge in [-0.2, -0.15) is 0 Å². The number of para-hydroxylation sites is 1. The predicted molar refractivity (Wildman–Crippen MR) is 83.8 cm³/mol. The number of hydrogen-bond acceptors (Lipinski definition) is 4. The summed E-state index contributed by atoms with van der Waals surface area (Å²) >= 11 is 0. The summed E-state index contributed by atoms with van der Waals surface area (Å²) < 4.78 is 10.8. The van der Waals surface area contributed by atoms with Gasteiger partial charge in [0.15, 0.2) is 11.5 Å². The van der Waals surface area contributed by atoms with E-state index in [0.717, 1.165) is 29.9 Å². The van der Waals surface area contributed by atoms with Crippen LogP contribution in [0.3, 0.4) is 0 Å². The minimum atomic E-state index is -0.161. The van der Waals surface area contributed by atoms with Crippen molar-refractivity contribution < 1.29 is 14.6 Å². The monoisotopic (exact) mass is 293 g/mol. The highest BCUT2D eigenvalue weighted by atomic mass is 16.5. The topological polar surface area (TPSA) is 50.7 Å². The molecule has 1 aromatic rings. The normalized spacial score (nSPS) is 25.6. The summed E-state index contributed by atoms with van der Waals surface area (Å²) in [4.78, 5) is 0. The minimum absolute atomic E-state index is 0.161. The molecule has 1 aliphatic carbocycles. The smallest absolute Gasteiger partial charge is 0.165 e. The van der Waals surface area contributed by atoms with E-state index < -0.39 is 0 Å². The third-order valence-electron chi connectivity index (χ3n) is 4.53. The number of hydrogen-bond donors (Lipinski definition) is 2. The van der Waals surface area contributed by atoms with E-state index in [1.54, 1.807) is 14.2 Å². The van der Waals surface area contributed by atoms with Gasteiger partial charge in [-0.25, -0.2) is 0 Å². The van der Waals surface area contributed by atoms with Crippen LogP contribution >= 0.6 is 0 Å². The van der Waals surface area contributed by atoms with Gasteiger partial charge < -0.3 is 19.9 Å². The van der Waals surface area contributed by atoms with Crippen molar-refractivity contribution in [1.29, 1.82) is 0 Å². The van der Waals surface area contributed by atoms with Gasteiger partial charge in [0.25, 0.3) is 0 Å². The van der Waals surface area contributed by atoms with Gasteiger partial charge in [-0.1, -0.05) is 31.9 Å². The molecule has 0 amide bonds. The van der Waals surface area contributed by atoms with Crippen molar-refractivity contribution in [2.24, 2.45) is 5.92 Å². The quantitative estimate of drug-likeness (QED) is 0.847. The summed E-state index contributed by atoms with van der Waals surface area (Å²) in [6, 6.07) is 5.89. The second kappa shape index (κ2) is 7.14. The number of methoxy groups -OCH3 is 2. The Morgan fingerprint density at radius 2 is 2.14 bits per heavy atom. The first-order valence-corrected chi connectivity index (χ1v) is 7.70. The van der Waals surface area contributed by atoms with Gasteiger partial charge in [-0.15, -0.1) is 0 Å². The molecule has 0 heterocycles. The van der Waals surface area contributed by atoms with Gasteiger partial charge in [0.1, 0.15) is 0 Å². The van der Waals surface area contributed by atoms with Crippen LogP contribution < -0.4 is 14.8 Å². The molecule has 21 heavy (non-hydrogen) atoms. The van der Waals surface area contributed by atoms with E-state index in [2.05, 4.69) is 12.2 Å². The van der Waals surface area contributed by atoms with Crippen molar-refractivity contribution in [3.05, 3.63) is 23.8 Å². The molecule has 2 rings (SSSR count). The molecule has 0 bridgehead atoms. The molecule has 1 saturated carbocycles. The standard InChI is InChI=1S/C17H27NO3/c1-13-6-5-9-17(10-13,12-19)18-11-14-7-4-8-15(20-2)16(14)21-3/h4,7-8,13,18-19H,5-6,9-12H2,1-3H3. The fourth-order valence-electron chi connectivity index (χ4n) is 3.40. The third kappa shape index (κ3) is 3.69. The number of nitrogens with one attached hydrogen (secondary N) is 1. The van der Waals surface area contributed by atoms with Gasteiger partial charge in [0, 0.05) is 17.6 Å². The largest absolute Gasteiger partial charge is 0.493 e. The number of aliphatic hydroxyl groups excluding tert-OH is 1. The number of ether oxygens (including phenoxy) is 2. The van der Waals surface area contributed by atoms with Crippen LogP contribution in [-0.2, 0) is 6.54 Å². The van der Waals surface area contributed by atoms with Crippen LogP contribution in [0.15, 0.2) is 18.2 Å². The molecule has 0 aromatic heterocycles. The molecule has 0 spiro atoms. The van der Waals surface area contributed by atoms with Gasteiger partial charge in [0.2, 0.25) is 0 Å². The summed E-state index contributed by atoms with van der Waals surface area (Å²) in [6.07, 6.45) is 4.48. The van der Waals surface area contributed by atoms with Crippen LogP contribution in [0.1, 0.15) is 38.2 Å². The summed E-state index contributed by atoms with van der Waals surface area (Å²) in [6.45, 7) is 3.12. The zero-order valence-corrected chi connectivity index (χ0v) is 13.3. The Balaban J connectivity index is 2.11. The lowest BCUT2D eigenvalue weighted by Crippen LogP contribution is -2.51. The van der Waals surface area contributed by atoms with Crippen molar-refractivity contribution >= 4 is 0 Å². The Labute approximate surface area is 127 Å². The molecule has 118 valence electrons. The molecule has 4 nitrogen and oxygen atoms in total. The Morgan fingerprint density at radius 1 is 1.33 bits per heavy atom. The van der Waals surface area contributed by atoms with Crippen LogP contribution in [-0.4, -0.2) is 31.5 Å². The second-order valence-corrected chi connectivity index (χ2v) is 6.15. The maximum absolute atomic E-state index is 9.85. The first-order chi connectivity index (χ1) is 10.1. The molecule has 4 heteroatoms. The van der Waals surface area contributed by atoms with Crippen LogP contribution in [0.25, 0.3) is 0 Å². The van der Waals surface area contributed by atoms with Crippen molar-refractivity contribution in [3.63, 3.8) is 0 Å². The summed E-state index contributed by atoms with van der Waals surface area (Å²) in [7, 11) is 3.30. The van der Waals surface area contributed by atoms with E-state index in [1.807, 2.05) is 18.2 Å². The Bertz CT molecular complexity index is 463. The maximum atomic E-state index is 9.85. The van der Waals surface area contributed by atoms with Crippen molar-refractivity contribution in [2.45, 2.75) is 44.7 Å². The molecule has 1 fully saturated rings. The average molecular weight is 293 g/mol. The Morgan fingerprint density at radius 3 is 2.76 bits per heavy atom. The highest BCUT2D eigenvalue weighted by Gasteiger charge is 2.34. The Hall–Kier alpha value is -1.26. The number of rotatable bonds is 6. The molecule has 2 N–H and O–H groups in total. The molecule has 2 atom stereocenters. The summed E-state index contributed by atoms with van der Waals surface area (Å²) in [5, 5.41) is 13.4. The van der Waals surface area contributed by atoms with Crippen LogP contribution in [0.5, 0.6) is 11.5 Å². The molecule has 0 radical (unpaired) electrons. The molecule has 0 saturated heterocycles. The zero-order chi connectivity index (χ0) is 15.3. The average Bonchev–Trinajstić information content (AvgIpc) is 2.52. The van der Waals surface area contributed by atoms with Gasteiger partial charge in [-0.05, 0) is 24.8 Å². The molecule has 1 aromatic carbocycles. The first-order valence-electron chi connectivity index (χ1n) is 7.70. The van der Waals surface area contributed by atoms with Gasteiger partial charge >= 0.3 is 0 Å². The van der Waals surface area contributed by atoms with Gasteiger partial charge in [0.05, 0.1) is 20.8 Å².